The molecular formula is C23H18ClNO5. The van der Waals surface area contributed by atoms with E-state index in [0.717, 1.165) is 5.56 Å². The molecule has 2 heterocycles. The van der Waals surface area contributed by atoms with Crippen LogP contribution >= 0.6 is 11.6 Å². The number of hydrogen-bond acceptors (Lipinski definition) is 5. The third-order valence-corrected chi connectivity index (χ3v) is 4.72. The summed E-state index contributed by atoms with van der Waals surface area (Å²) in [4.78, 5) is 12.6. The van der Waals surface area contributed by atoms with Crippen molar-refractivity contribution < 1.29 is 23.5 Å². The van der Waals surface area contributed by atoms with E-state index in [1.165, 1.54) is 7.11 Å². The summed E-state index contributed by atoms with van der Waals surface area (Å²) in [5.74, 6) is 1.87. The Morgan fingerprint density at radius 3 is 2.60 bits per heavy atom. The number of nitrogens with one attached hydrogen (secondary N) is 1. The number of ether oxygens (including phenoxy) is 1. The van der Waals surface area contributed by atoms with E-state index in [1.54, 1.807) is 54.6 Å². The van der Waals surface area contributed by atoms with Gasteiger partial charge >= 0.3 is 0 Å². The molecule has 2 aromatic carbocycles. The van der Waals surface area contributed by atoms with Crippen LogP contribution < -0.4 is 10.1 Å². The molecule has 7 heteroatoms. The van der Waals surface area contributed by atoms with E-state index in [4.69, 9.17) is 25.2 Å². The van der Waals surface area contributed by atoms with E-state index in [0.29, 0.717) is 39.3 Å². The highest BCUT2D eigenvalue weighted by molar-refractivity contribution is 6.30. The van der Waals surface area contributed by atoms with Crippen molar-refractivity contribution >= 4 is 23.2 Å². The van der Waals surface area contributed by atoms with Gasteiger partial charge in [-0.15, -0.1) is 0 Å². The van der Waals surface area contributed by atoms with Gasteiger partial charge in [-0.25, -0.2) is 0 Å². The number of aliphatic hydroxyl groups excluding tert-OH is 1. The van der Waals surface area contributed by atoms with E-state index in [-0.39, 0.29) is 12.4 Å². The summed E-state index contributed by atoms with van der Waals surface area (Å²) in [6.07, 6.45) is 0. The maximum Gasteiger partial charge on any atom is 0.291 e. The van der Waals surface area contributed by atoms with E-state index < -0.39 is 5.91 Å². The third kappa shape index (κ3) is 4.10. The molecule has 0 aliphatic rings. The first-order chi connectivity index (χ1) is 14.6. The van der Waals surface area contributed by atoms with Gasteiger partial charge in [0, 0.05) is 22.3 Å². The number of aliphatic hydroxyl groups is 1. The molecule has 0 aliphatic carbocycles. The zero-order valence-electron chi connectivity index (χ0n) is 16.0. The van der Waals surface area contributed by atoms with E-state index >= 15 is 0 Å². The SMILES string of the molecule is COc1cc(NC(=O)c2ccc(-c3cccc(Cl)c3)o2)ccc1-c1ccc(CO)o1. The Kier molecular flexibility index (Phi) is 5.61. The summed E-state index contributed by atoms with van der Waals surface area (Å²) in [7, 11) is 1.53. The van der Waals surface area contributed by atoms with Crippen LogP contribution in [0.2, 0.25) is 5.02 Å². The van der Waals surface area contributed by atoms with Gasteiger partial charge in [0.05, 0.1) is 12.7 Å². The molecule has 2 N–H and O–H groups in total. The van der Waals surface area contributed by atoms with Gasteiger partial charge in [0.15, 0.2) is 5.76 Å². The normalized spacial score (nSPS) is 10.8. The number of rotatable bonds is 6. The Hall–Kier alpha value is -3.48. The van der Waals surface area contributed by atoms with Crippen LogP contribution in [-0.2, 0) is 6.61 Å². The van der Waals surface area contributed by atoms with Gasteiger partial charge in [-0.1, -0.05) is 23.7 Å². The standard InChI is InChI=1S/C23H18ClNO5/c1-28-22-12-16(5-7-18(22)20-8-6-17(13-26)29-20)25-23(27)21-10-9-19(30-21)14-3-2-4-15(24)11-14/h2-12,26H,13H2,1H3,(H,25,27). The zero-order valence-corrected chi connectivity index (χ0v) is 16.8. The first-order valence-electron chi connectivity index (χ1n) is 9.12. The van der Waals surface area contributed by atoms with Crippen LogP contribution in [0.25, 0.3) is 22.6 Å². The van der Waals surface area contributed by atoms with Crippen LogP contribution in [0.4, 0.5) is 5.69 Å². The van der Waals surface area contributed by atoms with Crippen molar-refractivity contribution in [2.75, 3.05) is 12.4 Å². The molecule has 30 heavy (non-hydrogen) atoms. The van der Waals surface area contributed by atoms with Crippen LogP contribution in [0, 0.1) is 0 Å². The third-order valence-electron chi connectivity index (χ3n) is 4.48. The minimum Gasteiger partial charge on any atom is -0.496 e. The second-order valence-electron chi connectivity index (χ2n) is 6.47. The average Bonchev–Trinajstić information content (AvgIpc) is 3.43. The molecule has 0 aliphatic heterocycles. The topological polar surface area (TPSA) is 84.8 Å². The highest BCUT2D eigenvalue weighted by Crippen LogP contribution is 2.34. The summed E-state index contributed by atoms with van der Waals surface area (Å²) in [5.41, 5.74) is 2.03. The molecule has 1 amide bonds. The molecule has 0 unspecified atom stereocenters. The van der Waals surface area contributed by atoms with Gasteiger partial charge in [0.25, 0.3) is 5.91 Å². The van der Waals surface area contributed by atoms with Gasteiger partial charge < -0.3 is 24.0 Å². The van der Waals surface area contributed by atoms with Gasteiger partial charge in [0.1, 0.15) is 29.6 Å². The van der Waals surface area contributed by atoms with Crippen molar-refractivity contribution in [3.05, 3.63) is 83.3 Å². The number of carbonyl (C=O) groups excluding carboxylic acids is 1. The fourth-order valence-corrected chi connectivity index (χ4v) is 3.22. The largest absolute Gasteiger partial charge is 0.496 e. The van der Waals surface area contributed by atoms with Crippen LogP contribution in [0.1, 0.15) is 16.3 Å². The molecular weight excluding hydrogens is 406 g/mol. The fourth-order valence-electron chi connectivity index (χ4n) is 3.03. The maximum atomic E-state index is 12.6. The lowest BCUT2D eigenvalue weighted by atomic mass is 10.1. The predicted molar refractivity (Wildman–Crippen MR) is 114 cm³/mol. The van der Waals surface area contributed by atoms with Gasteiger partial charge in [-0.3, -0.25) is 4.79 Å². The molecule has 4 aromatic rings. The number of halogens is 1. The molecule has 0 atom stereocenters. The number of benzene rings is 2. The number of anilines is 1. The summed E-state index contributed by atoms with van der Waals surface area (Å²) < 4.78 is 16.7. The van der Waals surface area contributed by atoms with Crippen molar-refractivity contribution in [2.45, 2.75) is 6.61 Å². The lowest BCUT2D eigenvalue weighted by Crippen LogP contribution is -2.10. The Bertz CT molecular complexity index is 1190. The summed E-state index contributed by atoms with van der Waals surface area (Å²) >= 11 is 6.01. The Morgan fingerprint density at radius 1 is 1.03 bits per heavy atom. The molecule has 152 valence electrons. The van der Waals surface area contributed by atoms with Gasteiger partial charge in [-0.2, -0.15) is 0 Å². The second kappa shape index (κ2) is 8.49. The lowest BCUT2D eigenvalue weighted by Gasteiger charge is -2.10. The van der Waals surface area contributed by atoms with E-state index in [2.05, 4.69) is 5.32 Å². The predicted octanol–water partition coefficient (Wildman–Crippen LogP) is 5.61. The molecule has 0 radical (unpaired) electrons. The second-order valence-corrected chi connectivity index (χ2v) is 6.90. The van der Waals surface area contributed by atoms with Gasteiger partial charge in [-0.05, 0) is 48.5 Å². The van der Waals surface area contributed by atoms with Crippen molar-refractivity contribution in [1.82, 2.24) is 0 Å². The Balaban J connectivity index is 1.53. The Labute approximate surface area is 177 Å². The van der Waals surface area contributed by atoms with Crippen LogP contribution in [0.3, 0.4) is 0 Å². The number of amides is 1. The summed E-state index contributed by atoms with van der Waals surface area (Å²) in [6.45, 7) is -0.184. The first-order valence-corrected chi connectivity index (χ1v) is 9.50. The number of hydrogen-bond donors (Lipinski definition) is 2. The first kappa shape index (κ1) is 19.8. The lowest BCUT2D eigenvalue weighted by molar-refractivity contribution is 0.0997. The van der Waals surface area contributed by atoms with Crippen molar-refractivity contribution in [1.29, 1.82) is 0 Å². The van der Waals surface area contributed by atoms with Crippen LogP contribution in [0.15, 0.2) is 75.6 Å². The molecule has 6 nitrogen and oxygen atoms in total. The summed E-state index contributed by atoms with van der Waals surface area (Å²) in [6, 6.07) is 19.2. The number of methoxy groups -OCH3 is 1. The molecule has 0 spiro atoms. The van der Waals surface area contributed by atoms with Crippen LogP contribution in [0.5, 0.6) is 5.75 Å². The number of carbonyl (C=O) groups is 1. The quantitative estimate of drug-likeness (QED) is 0.421. The van der Waals surface area contributed by atoms with E-state index in [1.807, 2.05) is 12.1 Å². The molecule has 0 saturated heterocycles. The zero-order chi connectivity index (χ0) is 21.1. The smallest absolute Gasteiger partial charge is 0.291 e. The average molecular weight is 424 g/mol. The van der Waals surface area contributed by atoms with Crippen molar-refractivity contribution in [2.24, 2.45) is 0 Å². The minimum absolute atomic E-state index is 0.173. The molecule has 0 fully saturated rings. The summed E-state index contributed by atoms with van der Waals surface area (Å²) in [5, 5.41) is 12.6. The van der Waals surface area contributed by atoms with Gasteiger partial charge in [0.2, 0.25) is 0 Å². The fraction of sp³-hybridized carbons (Fsp3) is 0.0870. The molecule has 0 bridgehead atoms. The highest BCUT2D eigenvalue weighted by atomic mass is 35.5. The van der Waals surface area contributed by atoms with Crippen LogP contribution in [-0.4, -0.2) is 18.1 Å². The maximum absolute atomic E-state index is 12.6. The Morgan fingerprint density at radius 2 is 1.87 bits per heavy atom. The minimum atomic E-state index is -0.390. The number of furan rings is 2. The monoisotopic (exact) mass is 423 g/mol. The molecule has 0 saturated carbocycles. The molecule has 4 rings (SSSR count). The molecule has 2 aromatic heterocycles. The van der Waals surface area contributed by atoms with Crippen molar-refractivity contribution in [3.8, 4) is 28.4 Å². The highest BCUT2D eigenvalue weighted by Gasteiger charge is 2.15. The van der Waals surface area contributed by atoms with E-state index in [9.17, 15) is 9.90 Å². The van der Waals surface area contributed by atoms with Crippen molar-refractivity contribution in [3.63, 3.8) is 0 Å².